The van der Waals surface area contributed by atoms with Crippen molar-refractivity contribution in [3.63, 3.8) is 0 Å². The van der Waals surface area contributed by atoms with E-state index in [-0.39, 0.29) is 5.95 Å². The highest BCUT2D eigenvalue weighted by Gasteiger charge is 2.17. The number of nitrogens with two attached hydrogens (primary N) is 1. The Morgan fingerprint density at radius 3 is 2.21 bits per heavy atom. The molecular weight excluding hydrogens is 386 g/mol. The van der Waals surface area contributed by atoms with Crippen LogP contribution in [0, 0.1) is 0 Å². The molecule has 3 aromatic rings. The number of ether oxygens (including phenoxy) is 1. The Hall–Kier alpha value is -2.75. The van der Waals surface area contributed by atoms with Gasteiger partial charge >= 0.3 is 0 Å². The van der Waals surface area contributed by atoms with Crippen LogP contribution in [-0.2, 0) is 4.74 Å². The maximum absolute atomic E-state index is 5.64. The van der Waals surface area contributed by atoms with Crippen molar-refractivity contribution in [2.24, 2.45) is 0 Å². The summed E-state index contributed by atoms with van der Waals surface area (Å²) in [5, 5.41) is 0. The van der Waals surface area contributed by atoms with Gasteiger partial charge in [0.25, 0.3) is 0 Å². The predicted molar refractivity (Wildman–Crippen MR) is 115 cm³/mol. The van der Waals surface area contributed by atoms with Crippen LogP contribution in [0.4, 0.5) is 11.9 Å². The summed E-state index contributed by atoms with van der Waals surface area (Å²) < 4.78 is 7.54. The molecule has 0 spiro atoms. The largest absolute Gasteiger partial charge is 0.378 e. The van der Waals surface area contributed by atoms with Crippen LogP contribution >= 0.6 is 11.9 Å². The molecule has 0 amide bonds. The molecule has 0 bridgehead atoms. The average Bonchev–Trinajstić information content (AvgIpc) is 2.75. The quantitative estimate of drug-likeness (QED) is 0.638. The summed E-state index contributed by atoms with van der Waals surface area (Å²) >= 11 is 1.68. The van der Waals surface area contributed by atoms with Gasteiger partial charge in [0.1, 0.15) is 0 Å². The highest BCUT2D eigenvalue weighted by atomic mass is 32.2. The highest BCUT2D eigenvalue weighted by molar-refractivity contribution is 7.97. The average molecular weight is 410 g/mol. The lowest BCUT2D eigenvalue weighted by Gasteiger charge is -2.27. The minimum Gasteiger partial charge on any atom is -0.378 e. The summed E-state index contributed by atoms with van der Waals surface area (Å²) in [6, 6.07) is 10.3. The Morgan fingerprint density at radius 2 is 1.59 bits per heavy atom. The van der Waals surface area contributed by atoms with Gasteiger partial charge in [-0.25, -0.2) is 19.9 Å². The third-order valence-corrected chi connectivity index (χ3v) is 5.26. The van der Waals surface area contributed by atoms with E-state index >= 15 is 0 Å². The van der Waals surface area contributed by atoms with Gasteiger partial charge in [-0.2, -0.15) is 0 Å². The van der Waals surface area contributed by atoms with Crippen LogP contribution in [0.3, 0.4) is 0 Å². The smallest absolute Gasteiger partial charge is 0.226 e. The zero-order valence-electron chi connectivity index (χ0n) is 16.4. The zero-order valence-corrected chi connectivity index (χ0v) is 17.3. The molecule has 0 aliphatic carbocycles. The number of rotatable bonds is 5. The van der Waals surface area contributed by atoms with Gasteiger partial charge in [-0.3, -0.25) is 4.31 Å². The molecule has 9 heteroatoms. The molecule has 29 heavy (non-hydrogen) atoms. The number of hydrogen-bond donors (Lipinski definition) is 1. The van der Waals surface area contributed by atoms with Crippen LogP contribution in [0.15, 0.2) is 47.6 Å². The van der Waals surface area contributed by atoms with Gasteiger partial charge in [-0.15, -0.1) is 0 Å². The first-order valence-electron chi connectivity index (χ1n) is 9.34. The first-order chi connectivity index (χ1) is 14.1. The van der Waals surface area contributed by atoms with Gasteiger partial charge in [0, 0.05) is 41.5 Å². The van der Waals surface area contributed by atoms with Crippen LogP contribution in [0.25, 0.3) is 22.5 Å². The Labute approximate surface area is 174 Å². The summed E-state index contributed by atoms with van der Waals surface area (Å²) in [5.41, 5.74) is 9.09. The Morgan fingerprint density at radius 1 is 0.966 bits per heavy atom. The molecule has 150 valence electrons. The van der Waals surface area contributed by atoms with Crippen molar-refractivity contribution in [1.82, 2.24) is 24.2 Å². The summed E-state index contributed by atoms with van der Waals surface area (Å²) in [6.07, 6.45) is 3.38. The molecule has 0 unspecified atom stereocenters. The Bertz CT molecular complexity index is 958. The normalized spacial score (nSPS) is 14.4. The molecule has 1 aromatic carbocycles. The van der Waals surface area contributed by atoms with Gasteiger partial charge < -0.3 is 15.4 Å². The van der Waals surface area contributed by atoms with Crippen LogP contribution in [-0.4, -0.2) is 64.6 Å². The number of morpholine rings is 1. The fraction of sp³-hybridized carbons (Fsp3) is 0.300. The van der Waals surface area contributed by atoms with Crippen LogP contribution < -0.4 is 10.6 Å². The lowest BCUT2D eigenvalue weighted by atomic mass is 10.1. The summed E-state index contributed by atoms with van der Waals surface area (Å²) in [5.74, 6) is 0.926. The van der Waals surface area contributed by atoms with Gasteiger partial charge in [0.05, 0.1) is 24.6 Å². The molecule has 2 N–H and O–H groups in total. The van der Waals surface area contributed by atoms with Crippen molar-refractivity contribution >= 4 is 23.8 Å². The van der Waals surface area contributed by atoms with Gasteiger partial charge in [0.2, 0.25) is 11.9 Å². The zero-order chi connectivity index (χ0) is 20.2. The predicted octanol–water partition coefficient (Wildman–Crippen LogP) is 2.59. The van der Waals surface area contributed by atoms with Crippen LogP contribution in [0.1, 0.15) is 0 Å². The number of nitrogens with zero attached hydrogens (tertiary/aromatic N) is 6. The fourth-order valence-corrected chi connectivity index (χ4v) is 3.68. The first-order valence-corrected chi connectivity index (χ1v) is 10.1. The van der Waals surface area contributed by atoms with E-state index in [1.54, 1.807) is 24.3 Å². The molecule has 1 fully saturated rings. The number of nitrogen functional groups attached to an aromatic ring is 1. The molecule has 2 aromatic heterocycles. The number of anilines is 2. The van der Waals surface area contributed by atoms with E-state index in [9.17, 15) is 0 Å². The van der Waals surface area contributed by atoms with Crippen LogP contribution in [0.2, 0.25) is 0 Å². The van der Waals surface area contributed by atoms with E-state index in [2.05, 4.69) is 43.4 Å². The lowest BCUT2D eigenvalue weighted by Crippen LogP contribution is -2.37. The second-order valence-corrected chi connectivity index (χ2v) is 8.18. The molecule has 0 saturated carbocycles. The SMILES string of the molecule is CN(C)Sc1ccc(-c2cc(-c3cnc(N)nc3)nc(N3CCOCC3)n2)cc1. The summed E-state index contributed by atoms with van der Waals surface area (Å²) in [4.78, 5) is 21.1. The van der Waals surface area contributed by atoms with Gasteiger partial charge in [-0.05, 0) is 44.2 Å². The number of aromatic nitrogens is 4. The molecule has 1 saturated heterocycles. The van der Waals surface area contributed by atoms with Crippen molar-refractivity contribution in [2.45, 2.75) is 4.90 Å². The van der Waals surface area contributed by atoms with E-state index in [1.165, 1.54) is 4.90 Å². The van der Waals surface area contributed by atoms with Gasteiger partial charge in [0.15, 0.2) is 0 Å². The van der Waals surface area contributed by atoms with E-state index in [1.807, 2.05) is 20.2 Å². The highest BCUT2D eigenvalue weighted by Crippen LogP contribution is 2.28. The third-order valence-electron chi connectivity index (χ3n) is 4.41. The maximum Gasteiger partial charge on any atom is 0.226 e. The van der Waals surface area contributed by atoms with E-state index in [0.717, 1.165) is 35.6 Å². The first kappa shape index (κ1) is 19.6. The molecule has 1 aliphatic rings. The second kappa shape index (κ2) is 8.73. The lowest BCUT2D eigenvalue weighted by molar-refractivity contribution is 0.122. The van der Waals surface area contributed by atoms with E-state index in [4.69, 9.17) is 20.4 Å². The molecule has 8 nitrogen and oxygen atoms in total. The molecule has 0 atom stereocenters. The summed E-state index contributed by atoms with van der Waals surface area (Å²) in [7, 11) is 4.05. The van der Waals surface area contributed by atoms with E-state index < -0.39 is 0 Å². The maximum atomic E-state index is 5.64. The topological polar surface area (TPSA) is 93.3 Å². The molecule has 0 radical (unpaired) electrons. The van der Waals surface area contributed by atoms with Crippen molar-refractivity contribution in [2.75, 3.05) is 51.0 Å². The molecule has 1 aliphatic heterocycles. The molecular formula is C20H23N7OS. The molecule has 4 rings (SSSR count). The van der Waals surface area contributed by atoms with Crippen LogP contribution in [0.5, 0.6) is 0 Å². The van der Waals surface area contributed by atoms with Crippen molar-refractivity contribution in [1.29, 1.82) is 0 Å². The van der Waals surface area contributed by atoms with Gasteiger partial charge in [-0.1, -0.05) is 12.1 Å². The third kappa shape index (κ3) is 4.81. The Kier molecular flexibility index (Phi) is 5.89. The minimum absolute atomic E-state index is 0.241. The van der Waals surface area contributed by atoms with Crippen molar-refractivity contribution in [3.05, 3.63) is 42.7 Å². The minimum atomic E-state index is 0.241. The number of hydrogen-bond acceptors (Lipinski definition) is 9. The van der Waals surface area contributed by atoms with Crippen molar-refractivity contribution in [3.8, 4) is 22.5 Å². The monoisotopic (exact) mass is 409 g/mol. The fourth-order valence-electron chi connectivity index (χ4n) is 3.00. The second-order valence-electron chi connectivity index (χ2n) is 6.80. The Balaban J connectivity index is 1.73. The molecule has 3 heterocycles. The van der Waals surface area contributed by atoms with E-state index in [0.29, 0.717) is 19.2 Å². The van der Waals surface area contributed by atoms with Crippen molar-refractivity contribution < 1.29 is 4.74 Å². The standard InChI is InChI=1S/C20H23N7OS/c1-26(2)29-16-5-3-14(4-6-16)17-11-18(15-12-22-19(21)23-13-15)25-20(24-17)27-7-9-28-10-8-27/h3-6,11-13H,7-10H2,1-2H3,(H2,21,22,23). The number of benzene rings is 1. The summed E-state index contributed by atoms with van der Waals surface area (Å²) in [6.45, 7) is 2.87.